The Kier molecular flexibility index (Phi) is 7.60. The van der Waals surface area contributed by atoms with Gasteiger partial charge in [0.05, 0.1) is 11.6 Å². The van der Waals surface area contributed by atoms with Gasteiger partial charge in [-0.3, -0.25) is 9.36 Å². The summed E-state index contributed by atoms with van der Waals surface area (Å²) in [5.41, 5.74) is 1.01. The van der Waals surface area contributed by atoms with Gasteiger partial charge in [-0.25, -0.2) is 4.68 Å². The number of carbonyl (C=O) groups excluding carboxylic acids is 1. The minimum atomic E-state index is -4.61. The number of nitrogens with one attached hydrogen (secondary N) is 1. The number of halogens is 2. The van der Waals surface area contributed by atoms with Gasteiger partial charge in [0.2, 0.25) is 5.28 Å². The van der Waals surface area contributed by atoms with Crippen LogP contribution in [0, 0.1) is 0 Å². The Morgan fingerprint density at radius 3 is 2.66 bits per heavy atom. The van der Waals surface area contributed by atoms with Crippen molar-refractivity contribution in [3.8, 4) is 0 Å². The molecule has 16 heteroatoms. The summed E-state index contributed by atoms with van der Waals surface area (Å²) in [6.07, 6.45) is -5.09. The van der Waals surface area contributed by atoms with Gasteiger partial charge < -0.3 is 34.8 Å². The predicted octanol–water partition coefficient (Wildman–Crippen LogP) is 1.09. The first-order valence-corrected chi connectivity index (χ1v) is 12.7. The number of ether oxygens (including phenoxy) is 2. The van der Waals surface area contributed by atoms with Crippen molar-refractivity contribution in [3.05, 3.63) is 46.3 Å². The second kappa shape index (κ2) is 10.3. The van der Waals surface area contributed by atoms with Crippen LogP contribution in [0.5, 0.6) is 0 Å². The van der Waals surface area contributed by atoms with E-state index in [1.54, 1.807) is 6.07 Å². The van der Waals surface area contributed by atoms with E-state index in [0.29, 0.717) is 22.8 Å². The second-order valence-electron chi connectivity index (χ2n) is 7.66. The van der Waals surface area contributed by atoms with Gasteiger partial charge in [-0.15, -0.1) is 0 Å². The molecule has 0 saturated carbocycles. The lowest BCUT2D eigenvalue weighted by Gasteiger charge is -2.16. The van der Waals surface area contributed by atoms with E-state index in [0.717, 1.165) is 5.56 Å². The van der Waals surface area contributed by atoms with E-state index in [2.05, 4.69) is 20.4 Å². The molecule has 1 saturated heterocycles. The molecule has 2 aromatic heterocycles. The first-order chi connectivity index (χ1) is 16.5. The highest BCUT2D eigenvalue weighted by Crippen LogP contribution is 2.35. The van der Waals surface area contributed by atoms with Gasteiger partial charge in [0.15, 0.2) is 11.9 Å². The van der Waals surface area contributed by atoms with E-state index in [4.69, 9.17) is 42.5 Å². The lowest BCUT2D eigenvalue weighted by Crippen LogP contribution is -2.34. The van der Waals surface area contributed by atoms with Gasteiger partial charge in [-0.2, -0.15) is 15.1 Å². The van der Waals surface area contributed by atoms with Crippen LogP contribution < -0.4 is 5.32 Å². The van der Waals surface area contributed by atoms with Gasteiger partial charge in [0.25, 0.3) is 0 Å². The van der Waals surface area contributed by atoms with Crippen LogP contribution in [-0.4, -0.2) is 76.8 Å². The Morgan fingerprint density at radius 2 is 1.94 bits per heavy atom. The summed E-state index contributed by atoms with van der Waals surface area (Å²) in [6.45, 7) is -0.218. The predicted molar refractivity (Wildman–Crippen MR) is 123 cm³/mol. The van der Waals surface area contributed by atoms with Crippen LogP contribution in [0.25, 0.3) is 11.0 Å². The molecule has 0 spiro atoms. The summed E-state index contributed by atoms with van der Waals surface area (Å²) >= 11 is 12.3. The second-order valence-corrected chi connectivity index (χ2v) is 10.1. The Balaban J connectivity index is 1.52. The number of aromatic nitrogens is 4. The van der Waals surface area contributed by atoms with Crippen LogP contribution in [-0.2, 0) is 25.4 Å². The molecular weight excluding hydrogens is 528 g/mol. The minimum Gasteiger partial charge on any atom is -0.462 e. The number of aliphatic hydroxyl groups excluding tert-OH is 2. The standard InChI is InChI=1S/C19H20Cl2N5O8P/c20-11-4-2-1-3-9(11)5-22-16-10-6-23-26(17(10)25-19(21)24-16)18-15(29)14(28)12(34-18)7-33-13(27)8-35(30,31)32/h1-4,6,12,14-15,18,28-29H,5,7-8H2,(H,22,24,25)(H2,30,31,32)/t12-,14-,15-,18-/m1/s1. The molecule has 188 valence electrons. The molecule has 3 heterocycles. The van der Waals surface area contributed by atoms with Crippen molar-refractivity contribution in [1.82, 2.24) is 19.7 Å². The molecule has 0 aliphatic carbocycles. The number of benzene rings is 1. The third-order valence-corrected chi connectivity index (χ3v) is 6.36. The van der Waals surface area contributed by atoms with Crippen molar-refractivity contribution in [1.29, 1.82) is 0 Å². The molecule has 0 amide bonds. The normalized spacial score (nSPS) is 22.5. The van der Waals surface area contributed by atoms with Crippen LogP contribution >= 0.6 is 30.8 Å². The highest BCUT2D eigenvalue weighted by molar-refractivity contribution is 7.52. The average molecular weight is 548 g/mol. The molecule has 0 unspecified atom stereocenters. The smallest absolute Gasteiger partial charge is 0.336 e. The highest BCUT2D eigenvalue weighted by atomic mass is 35.5. The number of anilines is 1. The molecule has 4 rings (SSSR count). The fourth-order valence-electron chi connectivity index (χ4n) is 3.50. The van der Waals surface area contributed by atoms with Gasteiger partial charge >= 0.3 is 13.6 Å². The Labute approximate surface area is 207 Å². The van der Waals surface area contributed by atoms with Crippen LogP contribution in [0.4, 0.5) is 5.82 Å². The molecule has 0 bridgehead atoms. The lowest BCUT2D eigenvalue weighted by atomic mass is 10.1. The molecule has 1 fully saturated rings. The number of esters is 1. The van der Waals surface area contributed by atoms with Crippen LogP contribution in [0.2, 0.25) is 10.3 Å². The molecule has 1 aliphatic rings. The van der Waals surface area contributed by atoms with Crippen molar-refractivity contribution in [2.45, 2.75) is 31.1 Å². The summed E-state index contributed by atoms with van der Waals surface area (Å²) < 4.78 is 22.5. The topological polar surface area (TPSA) is 189 Å². The Bertz CT molecular complexity index is 1290. The third kappa shape index (κ3) is 5.90. The van der Waals surface area contributed by atoms with E-state index in [1.165, 1.54) is 10.9 Å². The summed E-state index contributed by atoms with van der Waals surface area (Å²) in [5.74, 6) is -0.826. The Morgan fingerprint density at radius 1 is 1.20 bits per heavy atom. The molecule has 1 aliphatic heterocycles. The molecule has 5 N–H and O–H groups in total. The summed E-state index contributed by atoms with van der Waals surface area (Å²) in [5, 5.41) is 29.1. The van der Waals surface area contributed by atoms with Crippen LogP contribution in [0.1, 0.15) is 11.8 Å². The summed E-state index contributed by atoms with van der Waals surface area (Å²) in [4.78, 5) is 37.6. The van der Waals surface area contributed by atoms with E-state index in [-0.39, 0.29) is 10.9 Å². The van der Waals surface area contributed by atoms with Gasteiger partial charge in [-0.1, -0.05) is 29.8 Å². The van der Waals surface area contributed by atoms with Crippen molar-refractivity contribution < 1.29 is 38.8 Å². The monoisotopic (exact) mass is 547 g/mol. The molecule has 0 radical (unpaired) electrons. The van der Waals surface area contributed by atoms with E-state index in [1.807, 2.05) is 18.2 Å². The number of fused-ring (bicyclic) bond motifs is 1. The van der Waals surface area contributed by atoms with Crippen molar-refractivity contribution in [3.63, 3.8) is 0 Å². The minimum absolute atomic E-state index is 0.114. The molecule has 13 nitrogen and oxygen atoms in total. The number of hydrogen-bond donors (Lipinski definition) is 5. The third-order valence-electron chi connectivity index (χ3n) is 5.15. The number of rotatable bonds is 8. The van der Waals surface area contributed by atoms with E-state index < -0.39 is 50.9 Å². The van der Waals surface area contributed by atoms with Crippen molar-refractivity contribution in [2.24, 2.45) is 0 Å². The summed E-state index contributed by atoms with van der Waals surface area (Å²) in [7, 11) is -4.61. The molecule has 35 heavy (non-hydrogen) atoms. The molecular formula is C19H20Cl2N5O8P. The lowest BCUT2D eigenvalue weighted by molar-refractivity contribution is -0.147. The SMILES string of the molecule is O=C(CP(=O)(O)O)OC[C@H]1O[C@@H](n2ncc3c(NCc4ccccc4Cl)nc(Cl)nc32)[C@H](O)[C@@H]1O. The molecule has 3 aromatic rings. The Hall–Kier alpha value is -2.35. The number of nitrogens with zero attached hydrogens (tertiary/aromatic N) is 4. The van der Waals surface area contributed by atoms with Crippen LogP contribution in [0.15, 0.2) is 30.5 Å². The fourth-order valence-corrected chi connectivity index (χ4v) is 4.29. The first-order valence-electron chi connectivity index (χ1n) is 10.1. The van der Waals surface area contributed by atoms with Gasteiger partial charge in [0.1, 0.15) is 36.9 Å². The van der Waals surface area contributed by atoms with Gasteiger partial charge in [0, 0.05) is 11.6 Å². The zero-order chi connectivity index (χ0) is 25.3. The maximum absolute atomic E-state index is 11.6. The first kappa shape index (κ1) is 25.7. The maximum atomic E-state index is 11.6. The van der Waals surface area contributed by atoms with Crippen molar-refractivity contribution >= 4 is 53.6 Å². The highest BCUT2D eigenvalue weighted by Gasteiger charge is 2.45. The van der Waals surface area contributed by atoms with E-state index >= 15 is 0 Å². The zero-order valence-electron chi connectivity index (χ0n) is 17.7. The molecule has 1 aromatic carbocycles. The molecule has 4 atom stereocenters. The average Bonchev–Trinajstić information content (AvgIpc) is 3.31. The fraction of sp³-hybridized carbons (Fsp3) is 0.368. The van der Waals surface area contributed by atoms with Crippen molar-refractivity contribution in [2.75, 3.05) is 18.1 Å². The van der Waals surface area contributed by atoms with Crippen LogP contribution in [0.3, 0.4) is 0 Å². The zero-order valence-corrected chi connectivity index (χ0v) is 20.1. The number of aliphatic hydroxyl groups is 2. The quantitative estimate of drug-likeness (QED) is 0.153. The van der Waals surface area contributed by atoms with Gasteiger partial charge in [-0.05, 0) is 23.2 Å². The maximum Gasteiger partial charge on any atom is 0.336 e. The number of carbonyl (C=O) groups is 1. The van der Waals surface area contributed by atoms with E-state index in [9.17, 15) is 19.6 Å². The number of hydrogen-bond acceptors (Lipinski definition) is 10. The largest absolute Gasteiger partial charge is 0.462 e. The summed E-state index contributed by atoms with van der Waals surface area (Å²) in [6, 6.07) is 7.25.